The summed E-state index contributed by atoms with van der Waals surface area (Å²) in [5.41, 5.74) is 0. The van der Waals surface area contributed by atoms with Crippen LogP contribution in [0.4, 0.5) is 11.6 Å². The van der Waals surface area contributed by atoms with Crippen molar-refractivity contribution in [2.45, 2.75) is 38.2 Å². The van der Waals surface area contributed by atoms with Crippen LogP contribution in [0.5, 0.6) is 0 Å². The molecule has 0 bridgehead atoms. The molecule has 2 atom stereocenters. The fourth-order valence-corrected chi connectivity index (χ4v) is 2.90. The average molecular weight is 276 g/mol. The van der Waals surface area contributed by atoms with E-state index in [1.165, 1.54) is 12.8 Å². The lowest BCUT2D eigenvalue weighted by atomic mass is 10.1. The fraction of sp³-hybridized carbons (Fsp3) is 0.733. The average Bonchev–Trinajstić information content (AvgIpc) is 3.21. The Morgan fingerprint density at radius 2 is 2.15 bits per heavy atom. The summed E-state index contributed by atoms with van der Waals surface area (Å²) in [6, 6.07) is 2.00. The highest BCUT2D eigenvalue weighted by Crippen LogP contribution is 2.29. The Bertz CT molecular complexity index is 449. The molecule has 0 aromatic carbocycles. The zero-order valence-electron chi connectivity index (χ0n) is 12.1. The van der Waals surface area contributed by atoms with Crippen molar-refractivity contribution >= 4 is 11.6 Å². The Morgan fingerprint density at radius 3 is 2.85 bits per heavy atom. The molecular formula is C15H24N4O. The number of rotatable bonds is 6. The van der Waals surface area contributed by atoms with Gasteiger partial charge in [0.2, 0.25) is 0 Å². The maximum atomic E-state index is 9.92. The molecule has 0 spiro atoms. The summed E-state index contributed by atoms with van der Waals surface area (Å²) in [6.07, 6.45) is 7.34. The quantitative estimate of drug-likeness (QED) is 0.831. The molecule has 2 aliphatic rings. The van der Waals surface area contributed by atoms with Gasteiger partial charge in [0.1, 0.15) is 18.0 Å². The lowest BCUT2D eigenvalue weighted by molar-refractivity contribution is 0.136. The monoisotopic (exact) mass is 276 g/mol. The van der Waals surface area contributed by atoms with Crippen LogP contribution in [0.15, 0.2) is 12.4 Å². The van der Waals surface area contributed by atoms with E-state index in [2.05, 4.69) is 20.2 Å². The van der Waals surface area contributed by atoms with Crippen molar-refractivity contribution in [2.24, 2.45) is 11.8 Å². The first-order valence-corrected chi connectivity index (χ1v) is 7.67. The van der Waals surface area contributed by atoms with Crippen LogP contribution in [0.1, 0.15) is 32.1 Å². The van der Waals surface area contributed by atoms with Crippen molar-refractivity contribution in [3.05, 3.63) is 12.4 Å². The van der Waals surface area contributed by atoms with Gasteiger partial charge in [-0.1, -0.05) is 6.42 Å². The Labute approximate surface area is 120 Å². The van der Waals surface area contributed by atoms with Crippen molar-refractivity contribution in [1.82, 2.24) is 9.97 Å². The second-order valence-electron chi connectivity index (χ2n) is 6.22. The van der Waals surface area contributed by atoms with E-state index in [0.717, 1.165) is 49.9 Å². The summed E-state index contributed by atoms with van der Waals surface area (Å²) in [6.45, 7) is 1.88. The van der Waals surface area contributed by atoms with E-state index in [9.17, 15) is 5.11 Å². The first-order valence-electron chi connectivity index (χ1n) is 7.67. The van der Waals surface area contributed by atoms with Gasteiger partial charge in [0, 0.05) is 32.1 Å². The van der Waals surface area contributed by atoms with E-state index < -0.39 is 0 Å². The highest BCUT2D eigenvalue weighted by Gasteiger charge is 2.26. The molecule has 5 nitrogen and oxygen atoms in total. The molecule has 0 amide bonds. The van der Waals surface area contributed by atoms with Crippen LogP contribution in [0.25, 0.3) is 0 Å². The molecule has 5 heteroatoms. The van der Waals surface area contributed by atoms with Gasteiger partial charge in [0.05, 0.1) is 6.10 Å². The molecule has 0 saturated heterocycles. The maximum Gasteiger partial charge on any atom is 0.133 e. The normalized spacial score (nSPS) is 25.7. The standard InChI is InChI=1S/C15H24N4O/c1-19(9-12-3-2-4-13(12)20)15-7-14(17-10-18-15)16-8-11-5-6-11/h7,10-13,20H,2-6,8-9H2,1H3,(H,16,17,18)/t12-,13+/m0/s1. The van der Waals surface area contributed by atoms with E-state index in [0.29, 0.717) is 5.92 Å². The van der Waals surface area contributed by atoms with Crippen molar-refractivity contribution in [2.75, 3.05) is 30.4 Å². The van der Waals surface area contributed by atoms with E-state index in [1.54, 1.807) is 6.33 Å². The number of nitrogens with zero attached hydrogens (tertiary/aromatic N) is 3. The zero-order chi connectivity index (χ0) is 13.9. The summed E-state index contributed by atoms with van der Waals surface area (Å²) in [5.74, 6) is 3.04. The van der Waals surface area contributed by atoms with Gasteiger partial charge in [-0.05, 0) is 31.6 Å². The van der Waals surface area contributed by atoms with Crippen LogP contribution >= 0.6 is 0 Å². The third-order valence-electron chi connectivity index (χ3n) is 4.44. The lowest BCUT2D eigenvalue weighted by Gasteiger charge is -2.24. The molecule has 0 aliphatic heterocycles. The molecule has 2 saturated carbocycles. The van der Waals surface area contributed by atoms with Gasteiger partial charge < -0.3 is 15.3 Å². The van der Waals surface area contributed by atoms with Gasteiger partial charge in [-0.25, -0.2) is 9.97 Å². The van der Waals surface area contributed by atoms with Crippen molar-refractivity contribution in [1.29, 1.82) is 0 Å². The summed E-state index contributed by atoms with van der Waals surface area (Å²) in [7, 11) is 2.04. The zero-order valence-corrected chi connectivity index (χ0v) is 12.1. The molecular weight excluding hydrogens is 252 g/mol. The number of hydrogen-bond donors (Lipinski definition) is 2. The minimum atomic E-state index is -0.147. The van der Waals surface area contributed by atoms with E-state index in [4.69, 9.17) is 0 Å². The third kappa shape index (κ3) is 3.39. The van der Waals surface area contributed by atoms with Gasteiger partial charge in [-0.2, -0.15) is 0 Å². The highest BCUT2D eigenvalue weighted by molar-refractivity contribution is 5.48. The first-order chi connectivity index (χ1) is 9.72. The first kappa shape index (κ1) is 13.6. The van der Waals surface area contributed by atoms with Gasteiger partial charge in [-0.15, -0.1) is 0 Å². The Kier molecular flexibility index (Phi) is 4.05. The summed E-state index contributed by atoms with van der Waals surface area (Å²) < 4.78 is 0. The van der Waals surface area contributed by atoms with Gasteiger partial charge in [0.15, 0.2) is 0 Å². The fourth-order valence-electron chi connectivity index (χ4n) is 2.90. The van der Waals surface area contributed by atoms with Crippen LogP contribution in [0, 0.1) is 11.8 Å². The Balaban J connectivity index is 1.58. The van der Waals surface area contributed by atoms with Crippen LogP contribution < -0.4 is 10.2 Å². The SMILES string of the molecule is CN(C[C@@H]1CCC[C@H]1O)c1cc(NCC2CC2)ncn1. The van der Waals surface area contributed by atoms with Crippen molar-refractivity contribution in [3.8, 4) is 0 Å². The Morgan fingerprint density at radius 1 is 1.30 bits per heavy atom. The molecule has 2 N–H and O–H groups in total. The lowest BCUT2D eigenvalue weighted by Crippen LogP contribution is -2.30. The number of aliphatic hydroxyl groups excluding tert-OH is 1. The molecule has 2 aliphatic carbocycles. The second kappa shape index (κ2) is 5.95. The summed E-state index contributed by atoms with van der Waals surface area (Å²) >= 11 is 0. The van der Waals surface area contributed by atoms with E-state index in [1.807, 2.05) is 13.1 Å². The number of hydrogen-bond acceptors (Lipinski definition) is 5. The molecule has 1 aromatic heterocycles. The number of aromatic nitrogens is 2. The van der Waals surface area contributed by atoms with Gasteiger partial charge >= 0.3 is 0 Å². The largest absolute Gasteiger partial charge is 0.393 e. The summed E-state index contributed by atoms with van der Waals surface area (Å²) in [4.78, 5) is 10.7. The third-order valence-corrected chi connectivity index (χ3v) is 4.44. The predicted octanol–water partition coefficient (Wildman–Crippen LogP) is 1.90. The van der Waals surface area contributed by atoms with Crippen molar-refractivity contribution < 1.29 is 5.11 Å². The van der Waals surface area contributed by atoms with E-state index in [-0.39, 0.29) is 6.10 Å². The van der Waals surface area contributed by atoms with Crippen molar-refractivity contribution in [3.63, 3.8) is 0 Å². The van der Waals surface area contributed by atoms with Crippen LogP contribution in [-0.4, -0.2) is 41.3 Å². The number of aliphatic hydroxyl groups is 1. The van der Waals surface area contributed by atoms with Gasteiger partial charge in [0.25, 0.3) is 0 Å². The summed E-state index contributed by atoms with van der Waals surface area (Å²) in [5, 5.41) is 13.3. The number of nitrogens with one attached hydrogen (secondary N) is 1. The van der Waals surface area contributed by atoms with E-state index >= 15 is 0 Å². The maximum absolute atomic E-state index is 9.92. The molecule has 20 heavy (non-hydrogen) atoms. The molecule has 0 radical (unpaired) electrons. The molecule has 110 valence electrons. The van der Waals surface area contributed by atoms with Crippen LogP contribution in [0.3, 0.4) is 0 Å². The highest BCUT2D eigenvalue weighted by atomic mass is 16.3. The minimum Gasteiger partial charge on any atom is -0.393 e. The van der Waals surface area contributed by atoms with Crippen LogP contribution in [0.2, 0.25) is 0 Å². The molecule has 1 heterocycles. The van der Waals surface area contributed by atoms with Crippen LogP contribution in [-0.2, 0) is 0 Å². The molecule has 0 unspecified atom stereocenters. The Hall–Kier alpha value is -1.36. The predicted molar refractivity (Wildman–Crippen MR) is 79.9 cm³/mol. The topological polar surface area (TPSA) is 61.3 Å². The molecule has 1 aromatic rings. The smallest absolute Gasteiger partial charge is 0.133 e. The number of anilines is 2. The van der Waals surface area contributed by atoms with Gasteiger partial charge in [-0.3, -0.25) is 0 Å². The molecule has 3 rings (SSSR count). The molecule has 2 fully saturated rings. The second-order valence-corrected chi connectivity index (χ2v) is 6.22. The minimum absolute atomic E-state index is 0.147.